The van der Waals surface area contributed by atoms with Crippen molar-refractivity contribution < 1.29 is 23.8 Å². The number of benzene rings is 2. The Bertz CT molecular complexity index is 1180. The summed E-state index contributed by atoms with van der Waals surface area (Å²) in [6.07, 6.45) is 0. The monoisotopic (exact) mass is 511 g/mol. The van der Waals surface area contributed by atoms with Gasteiger partial charge in [0.15, 0.2) is 0 Å². The molecule has 1 aliphatic heterocycles. The van der Waals surface area contributed by atoms with E-state index in [2.05, 4.69) is 22.0 Å². The first-order valence-corrected chi connectivity index (χ1v) is 10.6. The number of carbonyl (C=O) groups excluding carboxylic acids is 2. The second-order valence-electron chi connectivity index (χ2n) is 7.04. The van der Waals surface area contributed by atoms with E-state index < -0.39 is 17.9 Å². The number of rotatable bonds is 6. The van der Waals surface area contributed by atoms with Crippen molar-refractivity contribution in [3.05, 3.63) is 86.8 Å². The van der Waals surface area contributed by atoms with Crippen LogP contribution in [0.15, 0.2) is 75.7 Å². The lowest BCUT2D eigenvalue weighted by atomic mass is 9.80. The van der Waals surface area contributed by atoms with E-state index in [-0.39, 0.29) is 29.3 Å². The van der Waals surface area contributed by atoms with Crippen molar-refractivity contribution in [3.63, 3.8) is 0 Å². The van der Waals surface area contributed by atoms with Gasteiger partial charge in [0.25, 0.3) is 0 Å². The second kappa shape index (κ2) is 10.3. The average Bonchev–Trinajstić information content (AvgIpc) is 2.84. The van der Waals surface area contributed by atoms with E-state index in [1.165, 1.54) is 26.2 Å². The van der Waals surface area contributed by atoms with Crippen LogP contribution < -0.4 is 10.6 Å². The maximum absolute atomic E-state index is 13.1. The molecule has 2 aromatic carbocycles. The van der Waals surface area contributed by atoms with Gasteiger partial charge >= 0.3 is 11.9 Å². The van der Waals surface area contributed by atoms with Crippen molar-refractivity contribution in [1.82, 2.24) is 0 Å². The Labute approximate surface area is 200 Å². The lowest BCUT2D eigenvalue weighted by Crippen LogP contribution is -2.41. The van der Waals surface area contributed by atoms with Gasteiger partial charge in [-0.3, -0.25) is 4.90 Å². The molecule has 1 heterocycles. The predicted molar refractivity (Wildman–Crippen MR) is 124 cm³/mol. The Balaban J connectivity index is 2.45. The summed E-state index contributed by atoms with van der Waals surface area (Å²) in [6.45, 7) is 0.193. The highest BCUT2D eigenvalue weighted by atomic mass is 79.9. The minimum Gasteiger partial charge on any atom is -0.466 e. The first-order chi connectivity index (χ1) is 15.9. The maximum Gasteiger partial charge on any atom is 0.355 e. The van der Waals surface area contributed by atoms with Gasteiger partial charge in [-0.05, 0) is 17.7 Å². The zero-order valence-electron chi connectivity index (χ0n) is 18.3. The third-order valence-corrected chi connectivity index (χ3v) is 5.69. The molecule has 33 heavy (non-hydrogen) atoms. The topological polar surface area (TPSA) is 115 Å². The summed E-state index contributed by atoms with van der Waals surface area (Å²) in [6, 6.07) is 16.3. The highest BCUT2D eigenvalue weighted by molar-refractivity contribution is 9.10. The molecular formula is C24H22BrN3O5. The molecule has 1 unspecified atom stereocenters. The molecule has 0 radical (unpaired) electrons. The molecule has 9 heteroatoms. The third-order valence-electron chi connectivity index (χ3n) is 5.20. The molecule has 3 rings (SSSR count). The molecule has 0 aromatic heterocycles. The highest BCUT2D eigenvalue weighted by Gasteiger charge is 2.43. The fourth-order valence-electron chi connectivity index (χ4n) is 3.79. The molecule has 1 atom stereocenters. The quantitative estimate of drug-likeness (QED) is 0.585. The molecule has 8 nitrogen and oxygen atoms in total. The molecule has 2 N–H and O–H groups in total. The number of nitrogens with zero attached hydrogens (tertiary/aromatic N) is 2. The SMILES string of the molecule is COCc1ccc(Br)cc1N1C(N)=C(C#N)C(c2ccccc2)C(C(=O)OC)=C1C(=O)OC. The van der Waals surface area contributed by atoms with Gasteiger partial charge in [0.2, 0.25) is 0 Å². The molecule has 0 fully saturated rings. The van der Waals surface area contributed by atoms with Crippen molar-refractivity contribution in [2.45, 2.75) is 12.5 Å². The number of allylic oxidation sites excluding steroid dienone is 1. The van der Waals surface area contributed by atoms with Crippen LogP contribution in [0.2, 0.25) is 0 Å². The lowest BCUT2D eigenvalue weighted by molar-refractivity contribution is -0.139. The number of halogens is 1. The van der Waals surface area contributed by atoms with E-state index in [1.54, 1.807) is 42.5 Å². The Morgan fingerprint density at radius 1 is 1.09 bits per heavy atom. The second-order valence-corrected chi connectivity index (χ2v) is 7.96. The predicted octanol–water partition coefficient (Wildman–Crippen LogP) is 3.49. The summed E-state index contributed by atoms with van der Waals surface area (Å²) in [5.41, 5.74) is 8.16. The van der Waals surface area contributed by atoms with E-state index in [1.807, 2.05) is 6.07 Å². The van der Waals surface area contributed by atoms with Crippen LogP contribution >= 0.6 is 15.9 Å². The molecule has 0 aliphatic carbocycles. The first kappa shape index (κ1) is 24.0. The van der Waals surface area contributed by atoms with E-state index in [0.717, 1.165) is 0 Å². The Kier molecular flexibility index (Phi) is 7.53. The van der Waals surface area contributed by atoms with Crippen molar-refractivity contribution >= 4 is 33.6 Å². The number of nitriles is 1. The molecule has 0 bridgehead atoms. The normalized spacial score (nSPS) is 15.8. The zero-order valence-corrected chi connectivity index (χ0v) is 19.9. The van der Waals surface area contributed by atoms with Crippen molar-refractivity contribution in [2.24, 2.45) is 5.73 Å². The van der Waals surface area contributed by atoms with E-state index >= 15 is 0 Å². The number of nitrogens with two attached hydrogens (primary N) is 1. The fraction of sp³-hybridized carbons (Fsp3) is 0.208. The Hall–Kier alpha value is -3.61. The highest BCUT2D eigenvalue weighted by Crippen LogP contribution is 2.44. The number of anilines is 1. The van der Waals surface area contributed by atoms with Gasteiger partial charge < -0.3 is 19.9 Å². The van der Waals surface area contributed by atoms with E-state index in [9.17, 15) is 14.9 Å². The van der Waals surface area contributed by atoms with Crippen LogP contribution in [0.1, 0.15) is 17.0 Å². The fourth-order valence-corrected chi connectivity index (χ4v) is 4.14. The van der Waals surface area contributed by atoms with Crippen molar-refractivity contribution in [3.8, 4) is 6.07 Å². The standard InChI is InChI=1S/C24H22BrN3O5/c1-31-13-15-9-10-16(25)11-18(15)28-21(24(30)33-3)20(23(29)32-2)19(17(12-26)22(28)27)14-7-5-4-6-8-14/h4-11,19H,13,27H2,1-3H3. The van der Waals surface area contributed by atoms with Crippen molar-refractivity contribution in [1.29, 1.82) is 5.26 Å². The number of hydrogen-bond acceptors (Lipinski definition) is 8. The van der Waals surface area contributed by atoms with Crippen LogP contribution in [0.5, 0.6) is 0 Å². The number of esters is 2. The maximum atomic E-state index is 13.1. The van der Waals surface area contributed by atoms with E-state index in [4.69, 9.17) is 19.9 Å². The minimum atomic E-state index is -0.924. The van der Waals surface area contributed by atoms with E-state index in [0.29, 0.717) is 21.3 Å². The van der Waals surface area contributed by atoms with Crippen LogP contribution in [0.4, 0.5) is 5.69 Å². The molecule has 0 saturated heterocycles. The summed E-state index contributed by atoms with van der Waals surface area (Å²) < 4.78 is 16.1. The van der Waals surface area contributed by atoms with Crippen LogP contribution in [0.3, 0.4) is 0 Å². The van der Waals surface area contributed by atoms with Crippen LogP contribution in [-0.4, -0.2) is 33.3 Å². The molecule has 0 saturated carbocycles. The number of ether oxygens (including phenoxy) is 3. The zero-order chi connectivity index (χ0) is 24.1. The summed E-state index contributed by atoms with van der Waals surface area (Å²) in [4.78, 5) is 27.6. The Morgan fingerprint density at radius 3 is 2.33 bits per heavy atom. The average molecular weight is 512 g/mol. The molecular weight excluding hydrogens is 490 g/mol. The third kappa shape index (κ3) is 4.49. The van der Waals surface area contributed by atoms with Gasteiger partial charge in [-0.15, -0.1) is 0 Å². The molecule has 0 spiro atoms. The summed E-state index contributed by atoms with van der Waals surface area (Å²) in [7, 11) is 3.95. The summed E-state index contributed by atoms with van der Waals surface area (Å²) >= 11 is 3.43. The number of carbonyl (C=O) groups is 2. The van der Waals surface area contributed by atoms with Crippen LogP contribution in [-0.2, 0) is 30.4 Å². The van der Waals surface area contributed by atoms with Crippen LogP contribution in [0.25, 0.3) is 0 Å². The van der Waals surface area contributed by atoms with Gasteiger partial charge in [-0.1, -0.05) is 52.3 Å². The largest absolute Gasteiger partial charge is 0.466 e. The van der Waals surface area contributed by atoms with Gasteiger partial charge in [0, 0.05) is 17.1 Å². The number of hydrogen-bond donors (Lipinski definition) is 1. The smallest absolute Gasteiger partial charge is 0.355 e. The molecule has 170 valence electrons. The molecule has 2 aromatic rings. The van der Waals surface area contributed by atoms with Gasteiger partial charge in [-0.25, -0.2) is 9.59 Å². The number of methoxy groups -OCH3 is 3. The van der Waals surface area contributed by atoms with Gasteiger partial charge in [-0.2, -0.15) is 5.26 Å². The van der Waals surface area contributed by atoms with Gasteiger partial charge in [0.1, 0.15) is 11.5 Å². The lowest BCUT2D eigenvalue weighted by Gasteiger charge is -2.36. The first-order valence-electron chi connectivity index (χ1n) is 9.82. The van der Waals surface area contributed by atoms with Crippen molar-refractivity contribution in [2.75, 3.05) is 26.2 Å². The van der Waals surface area contributed by atoms with Gasteiger partial charge in [0.05, 0.1) is 49.6 Å². The molecule has 1 aliphatic rings. The Morgan fingerprint density at radius 2 is 1.76 bits per heavy atom. The summed E-state index contributed by atoms with van der Waals surface area (Å²) in [5.74, 6) is -2.51. The van der Waals surface area contributed by atoms with Crippen LogP contribution in [0, 0.1) is 11.3 Å². The summed E-state index contributed by atoms with van der Waals surface area (Å²) in [5, 5.41) is 10.1. The minimum absolute atomic E-state index is 0.00476. The molecule has 0 amide bonds.